The van der Waals surface area contributed by atoms with Crippen molar-refractivity contribution in [1.29, 1.82) is 0 Å². The Bertz CT molecular complexity index is 225. The van der Waals surface area contributed by atoms with E-state index in [9.17, 15) is 0 Å². The van der Waals surface area contributed by atoms with Crippen LogP contribution in [0.25, 0.3) is 0 Å². The molecule has 52 valence electrons. The molecule has 0 aliphatic carbocycles. The van der Waals surface area contributed by atoms with Crippen LogP contribution < -0.4 is 5.73 Å². The maximum atomic E-state index is 5.45. The molecule has 0 aromatic heterocycles. The van der Waals surface area contributed by atoms with Gasteiger partial charge in [-0.1, -0.05) is 0 Å². The molecule has 0 aliphatic heterocycles. The quantitative estimate of drug-likeness (QED) is 0.464. The molecule has 0 heterocycles. The third-order valence-corrected chi connectivity index (χ3v) is 1.11. The van der Waals surface area contributed by atoms with E-state index < -0.39 is 0 Å². The largest absolute Gasteiger partial charge is 0.399 e. The lowest BCUT2D eigenvalue weighted by Crippen LogP contribution is -1.80. The van der Waals surface area contributed by atoms with E-state index in [-0.39, 0.29) is 0 Å². The molecule has 10 heavy (non-hydrogen) atoms. The van der Waals surface area contributed by atoms with Crippen molar-refractivity contribution < 1.29 is 0 Å². The summed E-state index contributed by atoms with van der Waals surface area (Å²) in [5.41, 5.74) is 7.03. The Labute approximate surface area is 59.6 Å². The predicted octanol–water partition coefficient (Wildman–Crippen LogP) is 1.98. The Morgan fingerprint density at radius 3 is 2.30 bits per heavy atom. The fraction of sp³-hybridized carbons (Fsp3) is 0.143. The highest BCUT2D eigenvalue weighted by molar-refractivity contribution is 5.47. The average molecular weight is 135 g/mol. The summed E-state index contributed by atoms with van der Waals surface area (Å²) in [4.78, 5) is 0. The number of nitrogen functional groups attached to an aromatic ring is 1. The monoisotopic (exact) mass is 135 g/mol. The van der Waals surface area contributed by atoms with Crippen LogP contribution in [-0.4, -0.2) is 7.05 Å². The molecule has 0 saturated heterocycles. The summed E-state index contributed by atoms with van der Waals surface area (Å²) in [6.45, 7) is 0. The summed E-state index contributed by atoms with van der Waals surface area (Å²) in [5.74, 6) is 0. The van der Waals surface area contributed by atoms with Crippen LogP contribution in [0, 0.1) is 0 Å². The number of hydrogen-bond acceptors (Lipinski definition) is 3. The summed E-state index contributed by atoms with van der Waals surface area (Å²) < 4.78 is 0. The SMILES string of the molecule is C/N=N/c1ccc(N)cc1. The van der Waals surface area contributed by atoms with E-state index in [4.69, 9.17) is 5.73 Å². The van der Waals surface area contributed by atoms with Gasteiger partial charge in [-0.05, 0) is 24.3 Å². The number of hydrogen-bond donors (Lipinski definition) is 1. The molecule has 1 aromatic rings. The predicted molar refractivity (Wildman–Crippen MR) is 41.3 cm³/mol. The fourth-order valence-corrected chi connectivity index (χ4v) is 0.656. The van der Waals surface area contributed by atoms with Gasteiger partial charge in [0.25, 0.3) is 0 Å². The van der Waals surface area contributed by atoms with Crippen LogP contribution in [0.4, 0.5) is 11.4 Å². The molecular formula is C7H9N3. The van der Waals surface area contributed by atoms with Crippen molar-refractivity contribution >= 4 is 11.4 Å². The van der Waals surface area contributed by atoms with Crippen molar-refractivity contribution in [3.63, 3.8) is 0 Å². The smallest absolute Gasteiger partial charge is 0.0853 e. The minimum Gasteiger partial charge on any atom is -0.399 e. The average Bonchev–Trinajstić information content (AvgIpc) is 1.95. The van der Waals surface area contributed by atoms with Crippen LogP contribution in [0.2, 0.25) is 0 Å². The third-order valence-electron chi connectivity index (χ3n) is 1.11. The van der Waals surface area contributed by atoms with E-state index in [1.165, 1.54) is 0 Å². The first-order chi connectivity index (χ1) is 4.83. The topological polar surface area (TPSA) is 50.7 Å². The van der Waals surface area contributed by atoms with E-state index in [2.05, 4.69) is 10.2 Å². The number of anilines is 1. The van der Waals surface area contributed by atoms with Crippen LogP contribution in [0.1, 0.15) is 0 Å². The maximum Gasteiger partial charge on any atom is 0.0853 e. The lowest BCUT2D eigenvalue weighted by Gasteiger charge is -1.91. The molecule has 0 aliphatic rings. The first-order valence-electron chi connectivity index (χ1n) is 2.98. The molecule has 0 saturated carbocycles. The fourth-order valence-electron chi connectivity index (χ4n) is 0.656. The van der Waals surface area contributed by atoms with Crippen molar-refractivity contribution in [1.82, 2.24) is 0 Å². The molecule has 0 bridgehead atoms. The van der Waals surface area contributed by atoms with Crippen molar-refractivity contribution in [2.45, 2.75) is 0 Å². The maximum absolute atomic E-state index is 5.45. The van der Waals surface area contributed by atoms with Crippen molar-refractivity contribution in [2.24, 2.45) is 10.2 Å². The zero-order chi connectivity index (χ0) is 7.40. The summed E-state index contributed by atoms with van der Waals surface area (Å²) >= 11 is 0. The van der Waals surface area contributed by atoms with E-state index in [1.54, 1.807) is 19.2 Å². The highest BCUT2D eigenvalue weighted by atomic mass is 15.1. The molecule has 2 N–H and O–H groups in total. The zero-order valence-electron chi connectivity index (χ0n) is 5.78. The molecule has 0 radical (unpaired) electrons. The van der Waals surface area contributed by atoms with Crippen LogP contribution in [-0.2, 0) is 0 Å². The van der Waals surface area contributed by atoms with Gasteiger partial charge >= 0.3 is 0 Å². The third kappa shape index (κ3) is 1.55. The number of rotatable bonds is 1. The zero-order valence-corrected chi connectivity index (χ0v) is 5.78. The van der Waals surface area contributed by atoms with Crippen molar-refractivity contribution in [3.05, 3.63) is 24.3 Å². The van der Waals surface area contributed by atoms with Crippen LogP contribution in [0.5, 0.6) is 0 Å². The van der Waals surface area contributed by atoms with Gasteiger partial charge < -0.3 is 5.73 Å². The van der Waals surface area contributed by atoms with Gasteiger partial charge in [0.05, 0.1) is 5.69 Å². The van der Waals surface area contributed by atoms with E-state index in [0.717, 1.165) is 11.4 Å². The van der Waals surface area contributed by atoms with Gasteiger partial charge in [0, 0.05) is 12.7 Å². The van der Waals surface area contributed by atoms with Crippen LogP contribution >= 0.6 is 0 Å². The lowest BCUT2D eigenvalue weighted by molar-refractivity contribution is 1.17. The minimum absolute atomic E-state index is 0.745. The molecule has 0 fully saturated rings. The van der Waals surface area contributed by atoms with Gasteiger partial charge in [0.2, 0.25) is 0 Å². The number of azo groups is 1. The second kappa shape index (κ2) is 2.96. The van der Waals surface area contributed by atoms with E-state index >= 15 is 0 Å². The molecule has 0 amide bonds. The molecule has 3 heteroatoms. The van der Waals surface area contributed by atoms with Gasteiger partial charge in [0.15, 0.2) is 0 Å². The summed E-state index contributed by atoms with van der Waals surface area (Å²) in [7, 11) is 1.64. The minimum atomic E-state index is 0.745. The highest BCUT2D eigenvalue weighted by Crippen LogP contribution is 2.13. The summed E-state index contributed by atoms with van der Waals surface area (Å²) in [6.07, 6.45) is 0. The van der Waals surface area contributed by atoms with Gasteiger partial charge in [-0.25, -0.2) is 0 Å². The molecule has 1 rings (SSSR count). The van der Waals surface area contributed by atoms with Gasteiger partial charge in [-0.2, -0.15) is 10.2 Å². The Kier molecular flexibility index (Phi) is 1.99. The van der Waals surface area contributed by atoms with Crippen LogP contribution in [0.15, 0.2) is 34.5 Å². The van der Waals surface area contributed by atoms with Gasteiger partial charge in [-0.3, -0.25) is 0 Å². The molecule has 1 aromatic carbocycles. The van der Waals surface area contributed by atoms with Gasteiger partial charge in [0.1, 0.15) is 0 Å². The molecule has 0 atom stereocenters. The lowest BCUT2D eigenvalue weighted by atomic mass is 10.3. The second-order valence-electron chi connectivity index (χ2n) is 1.89. The second-order valence-corrected chi connectivity index (χ2v) is 1.89. The number of benzene rings is 1. The van der Waals surface area contributed by atoms with Crippen molar-refractivity contribution in [2.75, 3.05) is 12.8 Å². The first kappa shape index (κ1) is 6.74. The number of nitrogens with zero attached hydrogens (tertiary/aromatic N) is 2. The highest BCUT2D eigenvalue weighted by Gasteiger charge is 1.85. The Hall–Kier alpha value is -1.38. The van der Waals surface area contributed by atoms with E-state index in [0.29, 0.717) is 0 Å². The molecule has 0 unspecified atom stereocenters. The number of nitrogens with two attached hydrogens (primary N) is 1. The molecule has 0 spiro atoms. The summed E-state index contributed by atoms with van der Waals surface area (Å²) in [6, 6.07) is 7.23. The van der Waals surface area contributed by atoms with Gasteiger partial charge in [-0.15, -0.1) is 0 Å². The van der Waals surface area contributed by atoms with E-state index in [1.807, 2.05) is 12.1 Å². The first-order valence-corrected chi connectivity index (χ1v) is 2.98. The Morgan fingerprint density at radius 1 is 1.20 bits per heavy atom. The normalized spacial score (nSPS) is 10.5. The Morgan fingerprint density at radius 2 is 1.80 bits per heavy atom. The Balaban J connectivity index is 2.89. The molecular weight excluding hydrogens is 126 g/mol. The summed E-state index contributed by atoms with van der Waals surface area (Å²) in [5, 5.41) is 7.44. The van der Waals surface area contributed by atoms with Crippen LogP contribution in [0.3, 0.4) is 0 Å². The standard InChI is InChI=1S/C7H9N3/c1-9-10-7-4-2-6(8)3-5-7/h2-5H,8H2,1H3/b10-9+. The molecule has 3 nitrogen and oxygen atoms in total. The van der Waals surface area contributed by atoms with Crippen molar-refractivity contribution in [3.8, 4) is 0 Å².